The average Bonchev–Trinajstić information content (AvgIpc) is 1.89. The highest BCUT2D eigenvalue weighted by molar-refractivity contribution is 4.88. The second-order valence-electron chi connectivity index (χ2n) is 2.75. The molecule has 0 bridgehead atoms. The summed E-state index contributed by atoms with van der Waals surface area (Å²) in [5, 5.41) is 8.63. The summed E-state index contributed by atoms with van der Waals surface area (Å²) in [5.74, 6) is 0. The summed E-state index contributed by atoms with van der Waals surface area (Å²) in [6, 6.07) is 2.37. The van der Waals surface area contributed by atoms with Gasteiger partial charge >= 0.3 is 0 Å². The summed E-state index contributed by atoms with van der Waals surface area (Å²) in [6.45, 7) is 2.14. The molecule has 0 aliphatic heterocycles. The summed E-state index contributed by atoms with van der Waals surface area (Å²) < 4.78 is 0. The third-order valence-corrected chi connectivity index (χ3v) is 1.60. The summed E-state index contributed by atoms with van der Waals surface area (Å²) in [4.78, 5) is 1.97. The lowest BCUT2D eigenvalue weighted by Crippen LogP contribution is -2.25. The van der Waals surface area contributed by atoms with E-state index >= 15 is 0 Å². The molecular weight excluding hydrogens is 124 g/mol. The van der Waals surface area contributed by atoms with Crippen molar-refractivity contribution in [3.05, 3.63) is 0 Å². The van der Waals surface area contributed by atoms with Gasteiger partial charge in [-0.3, -0.25) is 4.90 Å². The van der Waals surface area contributed by atoms with Crippen molar-refractivity contribution in [2.24, 2.45) is 0 Å². The van der Waals surface area contributed by atoms with E-state index in [0.717, 1.165) is 12.8 Å². The zero-order chi connectivity index (χ0) is 7.98. The molecule has 2 nitrogen and oxygen atoms in total. The summed E-state index contributed by atoms with van der Waals surface area (Å²) in [5.41, 5.74) is 0. The molecule has 0 aromatic heterocycles. The number of unbranched alkanes of at least 4 members (excludes halogenated alkanes) is 1. The highest BCUT2D eigenvalue weighted by atomic mass is 15.1. The van der Waals surface area contributed by atoms with Gasteiger partial charge in [-0.2, -0.15) is 5.26 Å². The molecule has 0 amide bonds. The van der Waals surface area contributed by atoms with Gasteiger partial charge in [0.1, 0.15) is 0 Å². The number of rotatable bonds is 4. The smallest absolute Gasteiger partial charge is 0.0972 e. The van der Waals surface area contributed by atoms with E-state index < -0.39 is 0 Å². The standard InChI is InChI=1S/C8H16N2/c1-4-5-6-8(7-9)10(2)3/h8H,4-6H2,1-3H3/t8-/m1/s1. The molecule has 58 valence electrons. The van der Waals surface area contributed by atoms with E-state index in [1.54, 1.807) is 0 Å². The second-order valence-corrected chi connectivity index (χ2v) is 2.75. The van der Waals surface area contributed by atoms with Gasteiger partial charge in [0.25, 0.3) is 0 Å². The molecule has 0 aliphatic carbocycles. The molecule has 0 unspecified atom stereocenters. The number of hydrogen-bond donors (Lipinski definition) is 0. The Morgan fingerprint density at radius 1 is 1.50 bits per heavy atom. The fourth-order valence-electron chi connectivity index (χ4n) is 0.836. The Hall–Kier alpha value is -0.550. The van der Waals surface area contributed by atoms with Crippen molar-refractivity contribution >= 4 is 0 Å². The maximum atomic E-state index is 8.63. The molecule has 0 aromatic rings. The number of nitriles is 1. The molecule has 0 spiro atoms. The number of nitrogens with zero attached hydrogens (tertiary/aromatic N) is 2. The van der Waals surface area contributed by atoms with Crippen LogP contribution in [0.4, 0.5) is 0 Å². The van der Waals surface area contributed by atoms with E-state index in [1.807, 2.05) is 19.0 Å². The van der Waals surface area contributed by atoms with Gasteiger partial charge in [-0.1, -0.05) is 19.8 Å². The molecule has 0 rings (SSSR count). The van der Waals surface area contributed by atoms with E-state index in [0.29, 0.717) is 0 Å². The third kappa shape index (κ3) is 3.47. The average molecular weight is 140 g/mol. The van der Waals surface area contributed by atoms with Crippen molar-refractivity contribution < 1.29 is 0 Å². The Bertz CT molecular complexity index is 113. The van der Waals surface area contributed by atoms with Crippen LogP contribution in [0.2, 0.25) is 0 Å². The molecule has 0 aromatic carbocycles. The van der Waals surface area contributed by atoms with Gasteiger partial charge < -0.3 is 0 Å². The van der Waals surface area contributed by atoms with Crippen molar-refractivity contribution in [1.82, 2.24) is 4.90 Å². The zero-order valence-corrected chi connectivity index (χ0v) is 7.09. The largest absolute Gasteiger partial charge is 0.294 e. The molecule has 0 N–H and O–H groups in total. The molecule has 2 heteroatoms. The normalized spacial score (nSPS) is 13.1. The van der Waals surface area contributed by atoms with Crippen LogP contribution in [0.3, 0.4) is 0 Å². The quantitative estimate of drug-likeness (QED) is 0.593. The first-order chi connectivity index (χ1) is 4.72. The molecule has 0 heterocycles. The van der Waals surface area contributed by atoms with Crippen LogP contribution in [0.5, 0.6) is 0 Å². The summed E-state index contributed by atoms with van der Waals surface area (Å²) >= 11 is 0. The van der Waals surface area contributed by atoms with E-state index in [2.05, 4.69) is 13.0 Å². The van der Waals surface area contributed by atoms with Gasteiger partial charge in [0.05, 0.1) is 12.1 Å². The van der Waals surface area contributed by atoms with Crippen molar-refractivity contribution in [2.45, 2.75) is 32.2 Å². The fourth-order valence-corrected chi connectivity index (χ4v) is 0.836. The first-order valence-corrected chi connectivity index (χ1v) is 3.78. The van der Waals surface area contributed by atoms with Crippen LogP contribution in [0.1, 0.15) is 26.2 Å². The fraction of sp³-hybridized carbons (Fsp3) is 0.875. The summed E-state index contributed by atoms with van der Waals surface area (Å²) in [6.07, 6.45) is 3.32. The van der Waals surface area contributed by atoms with Gasteiger partial charge in [-0.25, -0.2) is 0 Å². The maximum absolute atomic E-state index is 8.63. The van der Waals surface area contributed by atoms with Gasteiger partial charge in [0.15, 0.2) is 0 Å². The van der Waals surface area contributed by atoms with E-state index in [9.17, 15) is 0 Å². The molecule has 0 aliphatic rings. The van der Waals surface area contributed by atoms with Crippen LogP contribution in [0.25, 0.3) is 0 Å². The molecule has 0 saturated heterocycles. The maximum Gasteiger partial charge on any atom is 0.0972 e. The van der Waals surface area contributed by atoms with Crippen LogP contribution >= 0.6 is 0 Å². The number of hydrogen-bond acceptors (Lipinski definition) is 2. The van der Waals surface area contributed by atoms with Crippen LogP contribution < -0.4 is 0 Å². The van der Waals surface area contributed by atoms with Crippen molar-refractivity contribution in [3.63, 3.8) is 0 Å². The van der Waals surface area contributed by atoms with Crippen LogP contribution in [-0.4, -0.2) is 25.0 Å². The highest BCUT2D eigenvalue weighted by Crippen LogP contribution is 2.03. The Morgan fingerprint density at radius 3 is 2.40 bits per heavy atom. The van der Waals surface area contributed by atoms with E-state index in [-0.39, 0.29) is 6.04 Å². The highest BCUT2D eigenvalue weighted by Gasteiger charge is 2.07. The Labute approximate surface area is 63.4 Å². The van der Waals surface area contributed by atoms with Crippen LogP contribution in [0, 0.1) is 11.3 Å². The van der Waals surface area contributed by atoms with Crippen molar-refractivity contribution in [3.8, 4) is 6.07 Å². The minimum atomic E-state index is 0.111. The Balaban J connectivity index is 3.53. The summed E-state index contributed by atoms with van der Waals surface area (Å²) in [7, 11) is 3.90. The predicted octanol–water partition coefficient (Wildman–Crippen LogP) is 1.63. The Morgan fingerprint density at radius 2 is 2.10 bits per heavy atom. The topological polar surface area (TPSA) is 27.0 Å². The van der Waals surface area contributed by atoms with Crippen molar-refractivity contribution in [2.75, 3.05) is 14.1 Å². The monoisotopic (exact) mass is 140 g/mol. The predicted molar refractivity (Wildman–Crippen MR) is 42.6 cm³/mol. The lowest BCUT2D eigenvalue weighted by molar-refractivity contribution is 0.329. The third-order valence-electron chi connectivity index (χ3n) is 1.60. The molecule has 1 atom stereocenters. The molecule has 0 radical (unpaired) electrons. The first-order valence-electron chi connectivity index (χ1n) is 3.78. The first kappa shape index (κ1) is 9.45. The minimum Gasteiger partial charge on any atom is -0.294 e. The molecular formula is C8H16N2. The lowest BCUT2D eigenvalue weighted by atomic mass is 10.1. The molecule has 0 saturated carbocycles. The van der Waals surface area contributed by atoms with Gasteiger partial charge in [-0.15, -0.1) is 0 Å². The SMILES string of the molecule is CCCC[C@H](C#N)N(C)C. The van der Waals surface area contributed by atoms with Crippen LogP contribution in [-0.2, 0) is 0 Å². The van der Waals surface area contributed by atoms with Gasteiger partial charge in [-0.05, 0) is 20.5 Å². The van der Waals surface area contributed by atoms with Crippen LogP contribution in [0.15, 0.2) is 0 Å². The van der Waals surface area contributed by atoms with Gasteiger partial charge in [0, 0.05) is 0 Å². The van der Waals surface area contributed by atoms with Gasteiger partial charge in [0.2, 0.25) is 0 Å². The molecule has 0 fully saturated rings. The molecule has 10 heavy (non-hydrogen) atoms. The van der Waals surface area contributed by atoms with E-state index in [1.165, 1.54) is 6.42 Å². The van der Waals surface area contributed by atoms with Crippen molar-refractivity contribution in [1.29, 1.82) is 5.26 Å². The lowest BCUT2D eigenvalue weighted by Gasteiger charge is -2.15. The zero-order valence-electron chi connectivity index (χ0n) is 7.09. The second kappa shape index (κ2) is 5.25. The van der Waals surface area contributed by atoms with E-state index in [4.69, 9.17) is 5.26 Å². The Kier molecular flexibility index (Phi) is 4.96. The minimum absolute atomic E-state index is 0.111.